The van der Waals surface area contributed by atoms with E-state index in [4.69, 9.17) is 11.6 Å². The van der Waals surface area contributed by atoms with E-state index in [2.05, 4.69) is 25.8 Å². The van der Waals surface area contributed by atoms with E-state index >= 15 is 0 Å². The Hall–Kier alpha value is -3.44. The second-order valence-corrected chi connectivity index (χ2v) is 9.65. The second-order valence-electron chi connectivity index (χ2n) is 9.22. The topological polar surface area (TPSA) is 70.5 Å². The van der Waals surface area contributed by atoms with E-state index in [1.165, 1.54) is 4.90 Å². The van der Waals surface area contributed by atoms with E-state index in [1.54, 1.807) is 48.8 Å². The van der Waals surface area contributed by atoms with Gasteiger partial charge in [0.15, 0.2) is 0 Å². The third kappa shape index (κ3) is 4.16. The molecule has 2 aromatic carbocycles. The van der Waals surface area contributed by atoms with Gasteiger partial charge >= 0.3 is 0 Å². The second kappa shape index (κ2) is 8.49. The largest absolute Gasteiger partial charge is 0.507 e. The SMILES string of the molecule is Cc1ccc(C(C)(C)C)cc1/C(O)=C1\C(=O)C(=O)N(c2cccc(Cl)c2)C1c1cccnc1. The average molecular weight is 461 g/mol. The van der Waals surface area contributed by atoms with Gasteiger partial charge in [0.2, 0.25) is 0 Å². The number of pyridine rings is 1. The summed E-state index contributed by atoms with van der Waals surface area (Å²) in [5.41, 5.74) is 3.30. The van der Waals surface area contributed by atoms with Gasteiger partial charge in [0.1, 0.15) is 5.76 Å². The highest BCUT2D eigenvalue weighted by molar-refractivity contribution is 6.51. The molecule has 1 aromatic heterocycles. The third-order valence-electron chi connectivity index (χ3n) is 5.89. The molecule has 1 saturated heterocycles. The van der Waals surface area contributed by atoms with Crippen LogP contribution in [-0.4, -0.2) is 21.8 Å². The summed E-state index contributed by atoms with van der Waals surface area (Å²) in [7, 11) is 0. The number of rotatable bonds is 3. The van der Waals surface area contributed by atoms with Gasteiger partial charge in [-0.3, -0.25) is 19.5 Å². The molecule has 1 fully saturated rings. The number of carbonyl (C=O) groups is 2. The monoisotopic (exact) mass is 460 g/mol. The van der Waals surface area contributed by atoms with Gasteiger partial charge in [0.05, 0.1) is 11.6 Å². The van der Waals surface area contributed by atoms with Crippen LogP contribution in [0.5, 0.6) is 0 Å². The zero-order chi connectivity index (χ0) is 23.9. The Kier molecular flexibility index (Phi) is 5.85. The molecule has 6 heteroatoms. The lowest BCUT2D eigenvalue weighted by Crippen LogP contribution is -2.29. The summed E-state index contributed by atoms with van der Waals surface area (Å²) >= 11 is 6.18. The summed E-state index contributed by atoms with van der Waals surface area (Å²) < 4.78 is 0. The van der Waals surface area contributed by atoms with Crippen LogP contribution >= 0.6 is 11.6 Å². The summed E-state index contributed by atoms with van der Waals surface area (Å²) in [6, 6.07) is 15.2. The summed E-state index contributed by atoms with van der Waals surface area (Å²) in [4.78, 5) is 32.1. The lowest BCUT2D eigenvalue weighted by atomic mass is 9.84. The van der Waals surface area contributed by atoms with E-state index in [0.29, 0.717) is 21.8 Å². The first-order chi connectivity index (χ1) is 15.6. The number of amides is 1. The van der Waals surface area contributed by atoms with Crippen LogP contribution in [-0.2, 0) is 15.0 Å². The minimum absolute atomic E-state index is 0.0298. The number of hydrogen-bond donors (Lipinski definition) is 1. The predicted molar refractivity (Wildman–Crippen MR) is 130 cm³/mol. The highest BCUT2D eigenvalue weighted by atomic mass is 35.5. The summed E-state index contributed by atoms with van der Waals surface area (Å²) in [6.07, 6.45) is 3.21. The highest BCUT2D eigenvalue weighted by Gasteiger charge is 2.47. The first-order valence-electron chi connectivity index (χ1n) is 10.7. The molecule has 1 aliphatic rings. The molecule has 0 bridgehead atoms. The number of halogens is 1. The molecule has 168 valence electrons. The normalized spacial score (nSPS) is 18.1. The van der Waals surface area contributed by atoms with Crippen LogP contribution in [0.1, 0.15) is 49.1 Å². The molecule has 4 rings (SSSR count). The molecule has 0 spiro atoms. The van der Waals surface area contributed by atoms with Gasteiger partial charge < -0.3 is 5.11 Å². The standard InChI is InChI=1S/C27H25ClN2O3/c1-16-10-11-18(27(2,3)4)13-21(16)24(31)22-23(17-7-6-12-29-15-17)30(26(33)25(22)32)20-9-5-8-19(28)14-20/h5-15,23,31H,1-4H3/b24-22+. The van der Waals surface area contributed by atoms with Crippen molar-refractivity contribution in [3.63, 3.8) is 0 Å². The minimum atomic E-state index is -0.838. The number of aryl methyl sites for hydroxylation is 1. The molecule has 1 amide bonds. The number of aromatic nitrogens is 1. The fourth-order valence-corrected chi connectivity index (χ4v) is 4.25. The maximum atomic E-state index is 13.3. The average Bonchev–Trinajstić information content (AvgIpc) is 3.04. The zero-order valence-corrected chi connectivity index (χ0v) is 19.7. The number of anilines is 1. The van der Waals surface area contributed by atoms with Crippen molar-refractivity contribution < 1.29 is 14.7 Å². The molecule has 5 nitrogen and oxygen atoms in total. The zero-order valence-electron chi connectivity index (χ0n) is 19.0. The van der Waals surface area contributed by atoms with Crippen LogP contribution in [0.3, 0.4) is 0 Å². The lowest BCUT2D eigenvalue weighted by Gasteiger charge is -2.25. The molecule has 33 heavy (non-hydrogen) atoms. The van der Waals surface area contributed by atoms with Crippen molar-refractivity contribution >= 4 is 34.7 Å². The number of benzene rings is 2. The first-order valence-corrected chi connectivity index (χ1v) is 11.1. The van der Waals surface area contributed by atoms with Crippen LogP contribution in [0.4, 0.5) is 5.69 Å². The van der Waals surface area contributed by atoms with Crippen molar-refractivity contribution in [3.05, 3.63) is 99.8 Å². The van der Waals surface area contributed by atoms with Gasteiger partial charge in [0.25, 0.3) is 11.7 Å². The van der Waals surface area contributed by atoms with E-state index in [-0.39, 0.29) is 16.7 Å². The van der Waals surface area contributed by atoms with E-state index in [9.17, 15) is 14.7 Å². The van der Waals surface area contributed by atoms with Crippen molar-refractivity contribution in [2.75, 3.05) is 4.90 Å². The number of aliphatic hydroxyl groups is 1. The third-order valence-corrected chi connectivity index (χ3v) is 6.12. The number of Topliss-reactive ketones (excluding diaryl/α,β-unsaturated/α-hetero) is 1. The summed E-state index contributed by atoms with van der Waals surface area (Å²) in [5, 5.41) is 11.9. The highest BCUT2D eigenvalue weighted by Crippen LogP contribution is 2.43. The fraction of sp³-hybridized carbons (Fsp3) is 0.222. The Bertz CT molecular complexity index is 1280. The quantitative estimate of drug-likeness (QED) is 0.297. The summed E-state index contributed by atoms with van der Waals surface area (Å²) in [6.45, 7) is 8.10. The number of hydrogen-bond acceptors (Lipinski definition) is 4. The number of nitrogens with zero attached hydrogens (tertiary/aromatic N) is 2. The Labute approximate surface area is 198 Å². The van der Waals surface area contributed by atoms with Gasteiger partial charge in [-0.1, -0.05) is 56.6 Å². The molecular formula is C27H25ClN2O3. The van der Waals surface area contributed by atoms with Crippen LogP contribution in [0.2, 0.25) is 5.02 Å². The van der Waals surface area contributed by atoms with Crippen molar-refractivity contribution in [2.24, 2.45) is 0 Å². The van der Waals surface area contributed by atoms with Crippen molar-refractivity contribution in [1.29, 1.82) is 0 Å². The van der Waals surface area contributed by atoms with E-state index < -0.39 is 17.7 Å². The molecule has 1 unspecified atom stereocenters. The van der Waals surface area contributed by atoms with E-state index in [0.717, 1.165) is 11.1 Å². The Morgan fingerprint density at radius 3 is 2.45 bits per heavy atom. The first kappa shape index (κ1) is 22.7. The Morgan fingerprint density at radius 1 is 1.06 bits per heavy atom. The van der Waals surface area contributed by atoms with E-state index in [1.807, 2.05) is 25.1 Å². The molecule has 0 aliphatic carbocycles. The smallest absolute Gasteiger partial charge is 0.300 e. The molecule has 1 aliphatic heterocycles. The molecule has 0 radical (unpaired) electrons. The molecule has 0 saturated carbocycles. The van der Waals surface area contributed by atoms with Gasteiger partial charge in [-0.05, 0) is 59.4 Å². The molecule has 2 heterocycles. The van der Waals surface area contributed by atoms with Gasteiger partial charge in [0, 0.05) is 28.7 Å². The fourth-order valence-electron chi connectivity index (χ4n) is 4.07. The van der Waals surface area contributed by atoms with Crippen LogP contribution in [0.15, 0.2) is 72.6 Å². The van der Waals surface area contributed by atoms with Crippen LogP contribution in [0, 0.1) is 6.92 Å². The summed E-state index contributed by atoms with van der Waals surface area (Å²) in [5.74, 6) is -1.67. The van der Waals surface area contributed by atoms with Gasteiger partial charge in [-0.25, -0.2) is 0 Å². The molecule has 1 N–H and O–H groups in total. The van der Waals surface area contributed by atoms with Crippen LogP contribution in [0.25, 0.3) is 5.76 Å². The van der Waals surface area contributed by atoms with Crippen molar-refractivity contribution in [1.82, 2.24) is 4.98 Å². The van der Waals surface area contributed by atoms with Gasteiger partial charge in [-0.2, -0.15) is 0 Å². The lowest BCUT2D eigenvalue weighted by molar-refractivity contribution is -0.132. The number of ketones is 1. The number of aliphatic hydroxyl groups excluding tert-OH is 1. The Morgan fingerprint density at radius 2 is 1.82 bits per heavy atom. The van der Waals surface area contributed by atoms with Crippen molar-refractivity contribution in [3.8, 4) is 0 Å². The maximum absolute atomic E-state index is 13.3. The maximum Gasteiger partial charge on any atom is 0.300 e. The molecule has 3 aromatic rings. The van der Waals surface area contributed by atoms with Gasteiger partial charge in [-0.15, -0.1) is 0 Å². The molecule has 1 atom stereocenters. The van der Waals surface area contributed by atoms with Crippen molar-refractivity contribution in [2.45, 2.75) is 39.2 Å². The predicted octanol–water partition coefficient (Wildman–Crippen LogP) is 5.97. The van der Waals surface area contributed by atoms with Crippen LogP contribution < -0.4 is 4.90 Å². The Balaban J connectivity index is 1.98. The number of carbonyl (C=O) groups excluding carboxylic acids is 2. The minimum Gasteiger partial charge on any atom is -0.507 e. The molecular weight excluding hydrogens is 436 g/mol.